The van der Waals surface area contributed by atoms with Crippen molar-refractivity contribution in [3.8, 4) is 11.5 Å². The van der Waals surface area contributed by atoms with Crippen LogP contribution < -0.4 is 4.74 Å². The minimum atomic E-state index is 0.0954. The van der Waals surface area contributed by atoms with Crippen LogP contribution in [0.15, 0.2) is 24.4 Å². The summed E-state index contributed by atoms with van der Waals surface area (Å²) in [6.07, 6.45) is 1.35. The van der Waals surface area contributed by atoms with E-state index in [1.807, 2.05) is 0 Å². The van der Waals surface area contributed by atoms with Gasteiger partial charge in [0.05, 0.1) is 23.8 Å². The van der Waals surface area contributed by atoms with Crippen LogP contribution >= 0.6 is 11.6 Å². The van der Waals surface area contributed by atoms with E-state index < -0.39 is 0 Å². The highest BCUT2D eigenvalue weighted by Gasteiger charge is 2.06. The molecule has 0 spiro atoms. The molecule has 0 aliphatic carbocycles. The number of hydrogen-bond acceptors (Lipinski definition) is 3. The van der Waals surface area contributed by atoms with Crippen molar-refractivity contribution in [2.24, 2.45) is 0 Å². The normalized spacial score (nSPS) is 10.4. The van der Waals surface area contributed by atoms with E-state index in [1.165, 1.54) is 6.20 Å². The lowest BCUT2D eigenvalue weighted by atomic mass is 10.2. The number of nitrogens with zero attached hydrogens (tertiary/aromatic N) is 1. The quantitative estimate of drug-likeness (QED) is 0.785. The van der Waals surface area contributed by atoms with Crippen molar-refractivity contribution < 1.29 is 9.84 Å². The minimum Gasteiger partial charge on any atom is -0.506 e. The Balaban J connectivity index is 2.85. The first-order valence-corrected chi connectivity index (χ1v) is 4.41. The molecule has 0 atom stereocenters. The standard InChI is InChI=1S/C10H8ClNO2/c1-14-9-3-2-8(11)10-7(9)4-6(13)5-12-10/h2-5,13H,1H3. The van der Waals surface area contributed by atoms with Gasteiger partial charge in [0.2, 0.25) is 0 Å². The fraction of sp³-hybridized carbons (Fsp3) is 0.100. The number of aromatic nitrogens is 1. The Kier molecular flexibility index (Phi) is 2.17. The highest BCUT2D eigenvalue weighted by Crippen LogP contribution is 2.31. The van der Waals surface area contributed by atoms with Gasteiger partial charge in [0.25, 0.3) is 0 Å². The Bertz CT molecular complexity index is 485. The first-order chi connectivity index (χ1) is 6.72. The van der Waals surface area contributed by atoms with Gasteiger partial charge in [-0.1, -0.05) is 11.6 Å². The molecule has 2 aromatic rings. The summed E-state index contributed by atoms with van der Waals surface area (Å²) in [5.74, 6) is 0.742. The first-order valence-electron chi connectivity index (χ1n) is 4.03. The van der Waals surface area contributed by atoms with Crippen LogP contribution in [0, 0.1) is 0 Å². The Morgan fingerprint density at radius 2 is 2.21 bits per heavy atom. The molecule has 0 saturated carbocycles. The van der Waals surface area contributed by atoms with E-state index >= 15 is 0 Å². The maximum Gasteiger partial charge on any atom is 0.134 e. The number of rotatable bonds is 1. The lowest BCUT2D eigenvalue weighted by Crippen LogP contribution is -1.87. The van der Waals surface area contributed by atoms with E-state index in [2.05, 4.69) is 4.98 Å². The van der Waals surface area contributed by atoms with Gasteiger partial charge in [-0.25, -0.2) is 0 Å². The molecule has 4 heteroatoms. The average molecular weight is 210 g/mol. The summed E-state index contributed by atoms with van der Waals surface area (Å²) in [6, 6.07) is 5.03. The molecule has 72 valence electrons. The van der Waals surface area contributed by atoms with Crippen molar-refractivity contribution in [2.45, 2.75) is 0 Å². The van der Waals surface area contributed by atoms with Crippen molar-refractivity contribution in [1.29, 1.82) is 0 Å². The van der Waals surface area contributed by atoms with Gasteiger partial charge in [-0.15, -0.1) is 0 Å². The van der Waals surface area contributed by atoms with Gasteiger partial charge < -0.3 is 9.84 Å². The Hall–Kier alpha value is -1.48. The molecule has 0 unspecified atom stereocenters. The SMILES string of the molecule is COc1ccc(Cl)c2ncc(O)cc12. The second kappa shape index (κ2) is 3.35. The van der Waals surface area contributed by atoms with E-state index in [9.17, 15) is 5.11 Å². The van der Waals surface area contributed by atoms with Gasteiger partial charge in [0, 0.05) is 5.39 Å². The van der Waals surface area contributed by atoms with Crippen LogP contribution in [0.4, 0.5) is 0 Å². The van der Waals surface area contributed by atoms with Crippen molar-refractivity contribution in [3.63, 3.8) is 0 Å². The van der Waals surface area contributed by atoms with E-state index in [0.717, 1.165) is 0 Å². The number of hydrogen-bond donors (Lipinski definition) is 1. The van der Waals surface area contributed by atoms with Crippen LogP contribution in [0.1, 0.15) is 0 Å². The molecule has 0 amide bonds. The maximum absolute atomic E-state index is 9.28. The van der Waals surface area contributed by atoms with E-state index in [0.29, 0.717) is 21.7 Å². The third kappa shape index (κ3) is 1.36. The molecule has 0 fully saturated rings. The molecule has 1 N–H and O–H groups in total. The molecular weight excluding hydrogens is 202 g/mol. The number of aromatic hydroxyl groups is 1. The molecule has 0 saturated heterocycles. The second-order valence-electron chi connectivity index (χ2n) is 2.84. The predicted molar refractivity (Wildman–Crippen MR) is 55.0 cm³/mol. The van der Waals surface area contributed by atoms with Gasteiger partial charge in [-0.2, -0.15) is 0 Å². The van der Waals surface area contributed by atoms with Crippen LogP contribution in [-0.4, -0.2) is 17.2 Å². The summed E-state index contributed by atoms with van der Waals surface area (Å²) in [4.78, 5) is 4.03. The summed E-state index contributed by atoms with van der Waals surface area (Å²) in [7, 11) is 1.56. The topological polar surface area (TPSA) is 42.4 Å². The molecule has 2 rings (SSSR count). The van der Waals surface area contributed by atoms with Gasteiger partial charge in [0.15, 0.2) is 0 Å². The molecule has 0 bridgehead atoms. The van der Waals surface area contributed by atoms with Crippen molar-refractivity contribution in [2.75, 3.05) is 7.11 Å². The Morgan fingerprint density at radius 3 is 2.93 bits per heavy atom. The second-order valence-corrected chi connectivity index (χ2v) is 3.25. The molecule has 14 heavy (non-hydrogen) atoms. The Labute approximate surface area is 85.9 Å². The fourth-order valence-corrected chi connectivity index (χ4v) is 1.54. The highest BCUT2D eigenvalue weighted by molar-refractivity contribution is 6.35. The zero-order valence-corrected chi connectivity index (χ0v) is 8.25. The number of methoxy groups -OCH3 is 1. The number of halogens is 1. The van der Waals surface area contributed by atoms with Crippen molar-refractivity contribution >= 4 is 22.5 Å². The number of pyridine rings is 1. The zero-order valence-electron chi connectivity index (χ0n) is 7.49. The molecule has 0 radical (unpaired) electrons. The van der Waals surface area contributed by atoms with Crippen LogP contribution in [0.2, 0.25) is 5.02 Å². The van der Waals surface area contributed by atoms with Gasteiger partial charge in [-0.3, -0.25) is 4.98 Å². The Morgan fingerprint density at radius 1 is 1.43 bits per heavy atom. The molecule has 1 aromatic heterocycles. The molecule has 0 aliphatic heterocycles. The average Bonchev–Trinajstić information content (AvgIpc) is 2.18. The molecule has 3 nitrogen and oxygen atoms in total. The summed E-state index contributed by atoms with van der Waals surface area (Å²) in [6.45, 7) is 0. The van der Waals surface area contributed by atoms with Gasteiger partial charge in [0.1, 0.15) is 11.5 Å². The highest BCUT2D eigenvalue weighted by atomic mass is 35.5. The van der Waals surface area contributed by atoms with Crippen LogP contribution in [0.25, 0.3) is 10.9 Å². The largest absolute Gasteiger partial charge is 0.506 e. The van der Waals surface area contributed by atoms with Crippen LogP contribution in [0.3, 0.4) is 0 Å². The van der Waals surface area contributed by atoms with Crippen molar-refractivity contribution in [1.82, 2.24) is 4.98 Å². The molecule has 1 aromatic carbocycles. The van der Waals surface area contributed by atoms with E-state index in [1.54, 1.807) is 25.3 Å². The predicted octanol–water partition coefficient (Wildman–Crippen LogP) is 2.60. The zero-order chi connectivity index (χ0) is 10.1. The van der Waals surface area contributed by atoms with Crippen LogP contribution in [0.5, 0.6) is 11.5 Å². The molecule has 0 aliphatic rings. The minimum absolute atomic E-state index is 0.0954. The number of benzene rings is 1. The lowest BCUT2D eigenvalue weighted by molar-refractivity contribution is 0.419. The third-order valence-corrected chi connectivity index (χ3v) is 2.27. The smallest absolute Gasteiger partial charge is 0.134 e. The number of ether oxygens (including phenoxy) is 1. The van der Waals surface area contributed by atoms with Crippen molar-refractivity contribution in [3.05, 3.63) is 29.4 Å². The first kappa shape index (κ1) is 9.09. The van der Waals surface area contributed by atoms with Gasteiger partial charge in [-0.05, 0) is 18.2 Å². The maximum atomic E-state index is 9.28. The third-order valence-electron chi connectivity index (χ3n) is 1.97. The fourth-order valence-electron chi connectivity index (χ4n) is 1.33. The summed E-state index contributed by atoms with van der Waals surface area (Å²) >= 11 is 5.94. The molecule has 1 heterocycles. The summed E-state index contributed by atoms with van der Waals surface area (Å²) in [5.41, 5.74) is 0.629. The summed E-state index contributed by atoms with van der Waals surface area (Å²) < 4.78 is 5.13. The van der Waals surface area contributed by atoms with Gasteiger partial charge >= 0.3 is 0 Å². The monoisotopic (exact) mass is 209 g/mol. The van der Waals surface area contributed by atoms with E-state index in [-0.39, 0.29) is 5.75 Å². The molecular formula is C10H8ClNO2. The van der Waals surface area contributed by atoms with E-state index in [4.69, 9.17) is 16.3 Å². The number of fused-ring (bicyclic) bond motifs is 1. The van der Waals surface area contributed by atoms with Crippen LogP contribution in [-0.2, 0) is 0 Å². The summed E-state index contributed by atoms with van der Waals surface area (Å²) in [5, 5.41) is 10.5. The lowest BCUT2D eigenvalue weighted by Gasteiger charge is -2.05.